The van der Waals surface area contributed by atoms with Crippen LogP contribution in [0.5, 0.6) is 0 Å². The highest BCUT2D eigenvalue weighted by atomic mass is 32.2. The van der Waals surface area contributed by atoms with E-state index in [4.69, 9.17) is 0 Å². The molecule has 1 aliphatic heterocycles. The summed E-state index contributed by atoms with van der Waals surface area (Å²) in [5.41, 5.74) is 0.463. The lowest BCUT2D eigenvalue weighted by molar-refractivity contribution is 0.558. The average Bonchev–Trinajstić information content (AvgIpc) is 2.83. The number of aromatic nitrogens is 2. The molecule has 0 unspecified atom stereocenters. The van der Waals surface area contributed by atoms with Gasteiger partial charge in [-0.3, -0.25) is 9.78 Å². The van der Waals surface area contributed by atoms with E-state index in [-0.39, 0.29) is 17.4 Å². The number of nitrogens with zero attached hydrogens (tertiary/aromatic N) is 2. The predicted octanol–water partition coefficient (Wildman–Crippen LogP) is 0.377. The molecule has 1 aromatic heterocycles. The Morgan fingerprint density at radius 3 is 2.95 bits per heavy atom. The van der Waals surface area contributed by atoms with Gasteiger partial charge >= 0.3 is 0 Å². The van der Waals surface area contributed by atoms with E-state index < -0.39 is 10.0 Å². The molecule has 0 aliphatic carbocycles. The number of anilines is 1. The maximum absolute atomic E-state index is 11.9. The van der Waals surface area contributed by atoms with Crippen LogP contribution in [0.15, 0.2) is 10.9 Å². The smallest absolute Gasteiger partial charge is 0.252 e. The minimum atomic E-state index is -3.22. The lowest BCUT2D eigenvalue weighted by atomic mass is 10.3. The van der Waals surface area contributed by atoms with Gasteiger partial charge in [0.05, 0.1) is 5.75 Å². The van der Waals surface area contributed by atoms with Crippen molar-refractivity contribution in [1.29, 1.82) is 0 Å². The van der Waals surface area contributed by atoms with Gasteiger partial charge in [0.2, 0.25) is 16.0 Å². The molecule has 2 N–H and O–H groups in total. The summed E-state index contributed by atoms with van der Waals surface area (Å²) in [5, 5.41) is 0. The summed E-state index contributed by atoms with van der Waals surface area (Å²) in [4.78, 5) is 20.3. The number of sulfonamides is 1. The molecular formula is C13H22N4O3S. The Balaban J connectivity index is 1.99. The van der Waals surface area contributed by atoms with Crippen molar-refractivity contribution in [2.75, 3.05) is 23.7 Å². The topological polar surface area (TPSA) is 95.2 Å². The minimum Gasteiger partial charge on any atom is -0.341 e. The maximum Gasteiger partial charge on any atom is 0.252 e. The first-order valence-corrected chi connectivity index (χ1v) is 8.88. The monoisotopic (exact) mass is 314 g/mol. The number of aryl methyl sites for hydroxylation is 1. The van der Waals surface area contributed by atoms with Gasteiger partial charge in [-0.2, -0.15) is 0 Å². The van der Waals surface area contributed by atoms with Gasteiger partial charge in [0.1, 0.15) is 0 Å². The molecule has 1 aromatic rings. The molecule has 2 heterocycles. The van der Waals surface area contributed by atoms with Gasteiger partial charge in [0.25, 0.3) is 5.56 Å². The molecular weight excluding hydrogens is 292 g/mol. The van der Waals surface area contributed by atoms with Gasteiger partial charge in [-0.15, -0.1) is 0 Å². The molecule has 2 rings (SSSR count). The van der Waals surface area contributed by atoms with Crippen LogP contribution in [0.4, 0.5) is 5.95 Å². The van der Waals surface area contributed by atoms with Crippen LogP contribution in [-0.2, 0) is 10.0 Å². The van der Waals surface area contributed by atoms with Crippen molar-refractivity contribution >= 4 is 16.0 Å². The van der Waals surface area contributed by atoms with Gasteiger partial charge in [-0.1, -0.05) is 13.3 Å². The van der Waals surface area contributed by atoms with Crippen molar-refractivity contribution in [3.63, 3.8) is 0 Å². The van der Waals surface area contributed by atoms with Crippen molar-refractivity contribution in [3.05, 3.63) is 22.1 Å². The molecule has 1 saturated heterocycles. The Bertz CT molecular complexity index is 641. The van der Waals surface area contributed by atoms with Gasteiger partial charge in [0.15, 0.2) is 0 Å². The van der Waals surface area contributed by atoms with Crippen molar-refractivity contribution in [2.24, 2.45) is 0 Å². The number of hydrogen-bond acceptors (Lipinski definition) is 5. The summed E-state index contributed by atoms with van der Waals surface area (Å²) in [5.74, 6) is 0.676. The number of hydrogen-bond donors (Lipinski definition) is 2. The molecule has 0 amide bonds. The maximum atomic E-state index is 11.9. The Morgan fingerprint density at radius 2 is 2.29 bits per heavy atom. The molecule has 0 saturated carbocycles. The predicted molar refractivity (Wildman–Crippen MR) is 82.0 cm³/mol. The molecule has 0 aromatic carbocycles. The summed E-state index contributed by atoms with van der Waals surface area (Å²) in [6.45, 7) is 4.93. The largest absolute Gasteiger partial charge is 0.341 e. The van der Waals surface area contributed by atoms with Gasteiger partial charge in [-0.05, 0) is 19.8 Å². The van der Waals surface area contributed by atoms with E-state index >= 15 is 0 Å². The molecule has 118 valence electrons. The zero-order valence-corrected chi connectivity index (χ0v) is 13.2. The fraction of sp³-hybridized carbons (Fsp3) is 0.692. The highest BCUT2D eigenvalue weighted by Crippen LogP contribution is 2.16. The second-order valence-corrected chi connectivity index (χ2v) is 7.31. The summed E-state index contributed by atoms with van der Waals surface area (Å²) in [6.07, 6.45) is 2.23. The number of nitrogens with one attached hydrogen (secondary N) is 2. The first-order chi connectivity index (χ1) is 9.89. The van der Waals surface area contributed by atoms with E-state index in [9.17, 15) is 13.2 Å². The van der Waals surface area contributed by atoms with E-state index in [0.29, 0.717) is 37.6 Å². The highest BCUT2D eigenvalue weighted by molar-refractivity contribution is 7.89. The lowest BCUT2D eigenvalue weighted by Crippen LogP contribution is -2.38. The Morgan fingerprint density at radius 1 is 1.52 bits per heavy atom. The second kappa shape index (κ2) is 6.57. The van der Waals surface area contributed by atoms with Crippen molar-refractivity contribution < 1.29 is 8.42 Å². The van der Waals surface area contributed by atoms with Gasteiger partial charge in [-0.25, -0.2) is 18.1 Å². The molecule has 7 nitrogen and oxygen atoms in total. The molecule has 8 heteroatoms. The Kier molecular flexibility index (Phi) is 5.00. The van der Waals surface area contributed by atoms with Crippen LogP contribution < -0.4 is 15.2 Å². The third kappa shape index (κ3) is 4.53. The normalized spacial score (nSPS) is 19.1. The molecule has 0 bridgehead atoms. The van der Waals surface area contributed by atoms with Crippen LogP contribution in [0.1, 0.15) is 31.9 Å². The quantitative estimate of drug-likeness (QED) is 0.791. The Hall–Kier alpha value is -1.41. The molecule has 21 heavy (non-hydrogen) atoms. The first kappa shape index (κ1) is 16.0. The van der Waals surface area contributed by atoms with E-state index in [1.54, 1.807) is 6.92 Å². The van der Waals surface area contributed by atoms with Crippen molar-refractivity contribution in [2.45, 2.75) is 39.2 Å². The molecule has 1 aliphatic rings. The third-order valence-electron chi connectivity index (χ3n) is 3.46. The van der Waals surface area contributed by atoms with Gasteiger partial charge in [0, 0.05) is 30.9 Å². The minimum absolute atomic E-state index is 0.127. The fourth-order valence-electron chi connectivity index (χ4n) is 2.41. The molecule has 0 radical (unpaired) electrons. The second-order valence-electron chi connectivity index (χ2n) is 5.43. The van der Waals surface area contributed by atoms with E-state index in [1.807, 2.05) is 11.8 Å². The third-order valence-corrected chi connectivity index (χ3v) is 4.98. The standard InChI is InChI=1S/C13H22N4O3S/c1-3-4-7-21(19,20)16-11-5-6-17(9-11)13-14-10(2)8-12(18)15-13/h8,11,16H,3-7,9H2,1-2H3,(H,14,15,18)/t11-/m0/s1. The average molecular weight is 314 g/mol. The van der Waals surface area contributed by atoms with Crippen LogP contribution in [-0.4, -0.2) is 43.3 Å². The number of H-pyrrole nitrogens is 1. The fourth-order valence-corrected chi connectivity index (χ4v) is 3.90. The SMILES string of the molecule is CCCCS(=O)(=O)N[C@H]1CCN(c2nc(C)cc(=O)[nH]2)C1. The highest BCUT2D eigenvalue weighted by Gasteiger charge is 2.27. The lowest BCUT2D eigenvalue weighted by Gasteiger charge is -2.17. The van der Waals surface area contributed by atoms with E-state index in [0.717, 1.165) is 6.42 Å². The van der Waals surface area contributed by atoms with Crippen LogP contribution >= 0.6 is 0 Å². The summed E-state index contributed by atoms with van der Waals surface area (Å²) in [6, 6.07) is 1.31. The summed E-state index contributed by atoms with van der Waals surface area (Å²) in [7, 11) is -3.22. The number of unbranched alkanes of at least 4 members (excludes halogenated alkanes) is 1. The molecule has 1 fully saturated rings. The van der Waals surface area contributed by atoms with Gasteiger partial charge < -0.3 is 4.90 Å². The first-order valence-electron chi connectivity index (χ1n) is 7.22. The number of aromatic amines is 1. The Labute approximate surface area is 124 Å². The van der Waals surface area contributed by atoms with Crippen molar-refractivity contribution in [3.8, 4) is 0 Å². The molecule has 1 atom stereocenters. The van der Waals surface area contributed by atoms with E-state index in [2.05, 4.69) is 14.7 Å². The van der Waals surface area contributed by atoms with Crippen LogP contribution in [0.25, 0.3) is 0 Å². The number of rotatable bonds is 6. The van der Waals surface area contributed by atoms with Crippen molar-refractivity contribution in [1.82, 2.24) is 14.7 Å². The van der Waals surface area contributed by atoms with Crippen LogP contribution in [0, 0.1) is 6.92 Å². The zero-order chi connectivity index (χ0) is 15.5. The summed E-state index contributed by atoms with van der Waals surface area (Å²) < 4.78 is 26.5. The zero-order valence-electron chi connectivity index (χ0n) is 12.4. The van der Waals surface area contributed by atoms with Crippen LogP contribution in [0.3, 0.4) is 0 Å². The van der Waals surface area contributed by atoms with Crippen LogP contribution in [0.2, 0.25) is 0 Å². The summed E-state index contributed by atoms with van der Waals surface area (Å²) >= 11 is 0. The molecule has 0 spiro atoms. The van der Waals surface area contributed by atoms with E-state index in [1.165, 1.54) is 6.07 Å².